The highest BCUT2D eigenvalue weighted by molar-refractivity contribution is 6.35. The van der Waals surface area contributed by atoms with Crippen molar-refractivity contribution in [1.82, 2.24) is 10.6 Å². The van der Waals surface area contributed by atoms with Gasteiger partial charge in [0.05, 0.1) is 25.6 Å². The van der Waals surface area contributed by atoms with Crippen LogP contribution >= 0.6 is 0 Å². The first kappa shape index (κ1) is 14.9. The fraction of sp³-hybridized carbons (Fsp3) is 0.286. The number of hydrogen-bond acceptors (Lipinski definition) is 5. The molecule has 0 aliphatic carbocycles. The number of aliphatic hydroxyl groups is 1. The first-order chi connectivity index (χ1) is 9.99. The van der Waals surface area contributed by atoms with Crippen LogP contribution in [0.4, 0.5) is 0 Å². The van der Waals surface area contributed by atoms with Crippen LogP contribution in [0.3, 0.4) is 0 Å². The predicted molar refractivity (Wildman–Crippen MR) is 71.8 cm³/mol. The lowest BCUT2D eigenvalue weighted by atomic mass is 10.0. The number of amides is 2. The minimum atomic E-state index is -1.39. The maximum Gasteiger partial charge on any atom is 0.309 e. The number of furan rings is 2. The van der Waals surface area contributed by atoms with Crippen molar-refractivity contribution >= 4 is 11.8 Å². The Morgan fingerprint density at radius 2 is 1.81 bits per heavy atom. The minimum absolute atomic E-state index is 0.119. The van der Waals surface area contributed by atoms with Crippen molar-refractivity contribution in [3.05, 3.63) is 48.3 Å². The van der Waals surface area contributed by atoms with E-state index in [0.717, 1.165) is 0 Å². The van der Waals surface area contributed by atoms with Gasteiger partial charge in [-0.1, -0.05) is 0 Å². The van der Waals surface area contributed by atoms with Crippen molar-refractivity contribution in [2.75, 3.05) is 6.54 Å². The first-order valence-electron chi connectivity index (χ1n) is 6.34. The van der Waals surface area contributed by atoms with E-state index in [1.165, 1.54) is 19.5 Å². The first-order valence-corrected chi connectivity index (χ1v) is 6.34. The number of nitrogens with one attached hydrogen (secondary N) is 2. The van der Waals surface area contributed by atoms with Crippen LogP contribution in [0.25, 0.3) is 0 Å². The molecular weight excluding hydrogens is 276 g/mol. The van der Waals surface area contributed by atoms with Gasteiger partial charge in [-0.05, 0) is 31.2 Å². The van der Waals surface area contributed by atoms with Crippen LogP contribution in [-0.2, 0) is 21.7 Å². The summed E-state index contributed by atoms with van der Waals surface area (Å²) in [6.45, 7) is 1.45. The Kier molecular flexibility index (Phi) is 4.44. The molecule has 0 saturated carbocycles. The molecule has 7 heteroatoms. The summed E-state index contributed by atoms with van der Waals surface area (Å²) in [6, 6.07) is 6.58. The van der Waals surface area contributed by atoms with Crippen molar-refractivity contribution < 1.29 is 23.5 Å². The van der Waals surface area contributed by atoms with Crippen LogP contribution in [-0.4, -0.2) is 23.5 Å². The molecule has 0 saturated heterocycles. The summed E-state index contributed by atoms with van der Waals surface area (Å²) < 4.78 is 10.1. The summed E-state index contributed by atoms with van der Waals surface area (Å²) in [7, 11) is 0. The highest BCUT2D eigenvalue weighted by Crippen LogP contribution is 2.19. The molecule has 7 nitrogen and oxygen atoms in total. The van der Waals surface area contributed by atoms with Crippen LogP contribution in [0.1, 0.15) is 18.4 Å². The van der Waals surface area contributed by atoms with Crippen LogP contribution in [0.5, 0.6) is 0 Å². The van der Waals surface area contributed by atoms with Crippen LogP contribution < -0.4 is 10.6 Å². The third-order valence-electron chi connectivity index (χ3n) is 2.85. The van der Waals surface area contributed by atoms with Crippen LogP contribution in [0.15, 0.2) is 45.6 Å². The largest absolute Gasteiger partial charge is 0.467 e. The van der Waals surface area contributed by atoms with E-state index in [0.29, 0.717) is 11.5 Å². The van der Waals surface area contributed by atoms with Gasteiger partial charge in [-0.25, -0.2) is 0 Å². The van der Waals surface area contributed by atoms with Crippen LogP contribution in [0, 0.1) is 0 Å². The molecule has 2 aromatic heterocycles. The van der Waals surface area contributed by atoms with Crippen molar-refractivity contribution in [2.45, 2.75) is 19.1 Å². The number of hydrogen-bond donors (Lipinski definition) is 3. The summed E-state index contributed by atoms with van der Waals surface area (Å²) in [5, 5.41) is 14.9. The third kappa shape index (κ3) is 3.96. The molecule has 0 aromatic carbocycles. The monoisotopic (exact) mass is 292 g/mol. The Morgan fingerprint density at radius 1 is 1.14 bits per heavy atom. The Balaban J connectivity index is 1.80. The van der Waals surface area contributed by atoms with Gasteiger partial charge in [-0.2, -0.15) is 0 Å². The van der Waals surface area contributed by atoms with E-state index in [1.54, 1.807) is 24.3 Å². The zero-order valence-corrected chi connectivity index (χ0v) is 11.5. The maximum absolute atomic E-state index is 11.6. The molecule has 1 atom stereocenters. The summed E-state index contributed by atoms with van der Waals surface area (Å²) in [4.78, 5) is 23.2. The second-order valence-corrected chi connectivity index (χ2v) is 4.70. The molecule has 0 aliphatic heterocycles. The number of carbonyl (C=O) groups excluding carboxylic acids is 2. The molecule has 0 aliphatic rings. The molecule has 0 fully saturated rings. The van der Waals surface area contributed by atoms with E-state index in [1.807, 2.05) is 0 Å². The fourth-order valence-corrected chi connectivity index (χ4v) is 1.67. The SMILES string of the molecule is C[C@@](O)(CNC(=O)C(=O)NCc1ccco1)c1ccco1. The topological polar surface area (TPSA) is 105 Å². The van der Waals surface area contributed by atoms with Gasteiger partial charge >= 0.3 is 11.8 Å². The summed E-state index contributed by atoms with van der Waals surface area (Å²) in [5.41, 5.74) is -1.39. The van der Waals surface area contributed by atoms with Crippen molar-refractivity contribution in [2.24, 2.45) is 0 Å². The van der Waals surface area contributed by atoms with E-state index >= 15 is 0 Å². The second-order valence-electron chi connectivity index (χ2n) is 4.70. The van der Waals surface area contributed by atoms with E-state index in [4.69, 9.17) is 8.83 Å². The summed E-state index contributed by atoms with van der Waals surface area (Å²) in [5.74, 6) is -0.799. The zero-order chi connectivity index (χ0) is 15.3. The Morgan fingerprint density at radius 3 is 2.43 bits per heavy atom. The molecule has 2 heterocycles. The molecule has 21 heavy (non-hydrogen) atoms. The fourth-order valence-electron chi connectivity index (χ4n) is 1.67. The molecule has 2 amide bonds. The van der Waals surface area contributed by atoms with Gasteiger partial charge < -0.3 is 24.6 Å². The molecule has 112 valence electrons. The van der Waals surface area contributed by atoms with Gasteiger partial charge in [0.2, 0.25) is 0 Å². The van der Waals surface area contributed by atoms with E-state index in [2.05, 4.69) is 10.6 Å². The Hall–Kier alpha value is -2.54. The minimum Gasteiger partial charge on any atom is -0.467 e. The highest BCUT2D eigenvalue weighted by Gasteiger charge is 2.27. The lowest BCUT2D eigenvalue weighted by Gasteiger charge is -2.20. The predicted octanol–water partition coefficient (Wildman–Crippen LogP) is 0.513. The molecular formula is C14H16N2O5. The van der Waals surface area contributed by atoms with Crippen LogP contribution in [0.2, 0.25) is 0 Å². The smallest absolute Gasteiger partial charge is 0.309 e. The third-order valence-corrected chi connectivity index (χ3v) is 2.85. The highest BCUT2D eigenvalue weighted by atomic mass is 16.4. The lowest BCUT2D eigenvalue weighted by Crippen LogP contribution is -2.45. The quantitative estimate of drug-likeness (QED) is 0.697. The van der Waals surface area contributed by atoms with Crippen molar-refractivity contribution in [1.29, 1.82) is 0 Å². The molecule has 0 bridgehead atoms. The maximum atomic E-state index is 11.6. The number of rotatable bonds is 5. The molecule has 0 spiro atoms. The van der Waals surface area contributed by atoms with E-state index < -0.39 is 17.4 Å². The van der Waals surface area contributed by atoms with Gasteiger partial charge in [-0.15, -0.1) is 0 Å². The average molecular weight is 292 g/mol. The average Bonchev–Trinajstić information content (AvgIpc) is 3.14. The van der Waals surface area contributed by atoms with E-state index in [-0.39, 0.29) is 13.1 Å². The molecule has 2 aromatic rings. The standard InChI is InChI=1S/C14H16N2O5/c1-14(19,11-5-3-7-21-11)9-16-13(18)12(17)15-8-10-4-2-6-20-10/h2-7,19H,8-9H2,1H3,(H,15,17)(H,16,18)/t14-/m1/s1. The van der Waals surface area contributed by atoms with E-state index in [9.17, 15) is 14.7 Å². The normalized spacial score (nSPS) is 13.4. The zero-order valence-electron chi connectivity index (χ0n) is 11.5. The Labute approximate surface area is 120 Å². The second kappa shape index (κ2) is 6.27. The molecule has 0 radical (unpaired) electrons. The molecule has 2 rings (SSSR count). The summed E-state index contributed by atoms with van der Waals surface area (Å²) >= 11 is 0. The molecule has 0 unspecified atom stereocenters. The lowest BCUT2D eigenvalue weighted by molar-refractivity contribution is -0.140. The summed E-state index contributed by atoms with van der Waals surface area (Å²) in [6.07, 6.45) is 2.89. The van der Waals surface area contributed by atoms with Gasteiger partial charge in [0.1, 0.15) is 17.1 Å². The van der Waals surface area contributed by atoms with Gasteiger partial charge in [-0.3, -0.25) is 9.59 Å². The van der Waals surface area contributed by atoms with Crippen molar-refractivity contribution in [3.63, 3.8) is 0 Å². The van der Waals surface area contributed by atoms with Gasteiger partial charge in [0, 0.05) is 0 Å². The van der Waals surface area contributed by atoms with Gasteiger partial charge in [0.15, 0.2) is 0 Å². The van der Waals surface area contributed by atoms with Gasteiger partial charge in [0.25, 0.3) is 0 Å². The molecule has 3 N–H and O–H groups in total. The number of carbonyl (C=O) groups is 2. The van der Waals surface area contributed by atoms with Crippen molar-refractivity contribution in [3.8, 4) is 0 Å². The Bertz CT molecular complexity index is 587.